The van der Waals surface area contributed by atoms with E-state index in [0.29, 0.717) is 18.7 Å². The van der Waals surface area contributed by atoms with Crippen LogP contribution in [0, 0.1) is 5.82 Å². The van der Waals surface area contributed by atoms with Crippen LogP contribution in [0.3, 0.4) is 0 Å². The third-order valence-corrected chi connectivity index (χ3v) is 4.84. The molecule has 0 aliphatic heterocycles. The molecule has 1 heterocycles. The molecule has 0 saturated heterocycles. The molecule has 8 heteroatoms. The second-order valence-corrected chi connectivity index (χ2v) is 6.33. The fraction of sp³-hybridized carbons (Fsp3) is 0.308. The molecule has 0 amide bonds. The molecule has 0 saturated carbocycles. The van der Waals surface area contributed by atoms with Crippen molar-refractivity contribution in [1.82, 2.24) is 15.5 Å². The van der Waals surface area contributed by atoms with Crippen molar-refractivity contribution in [3.05, 3.63) is 41.8 Å². The van der Waals surface area contributed by atoms with Gasteiger partial charge in [-0.1, -0.05) is 19.1 Å². The number of rotatable bonds is 6. The summed E-state index contributed by atoms with van der Waals surface area (Å²) in [6.45, 7) is 2.99. The topological polar surface area (TPSA) is 78.1 Å². The van der Waals surface area contributed by atoms with Crippen molar-refractivity contribution in [3.63, 3.8) is 0 Å². The predicted molar refractivity (Wildman–Crippen MR) is 78.0 cm³/mol. The lowest BCUT2D eigenvalue weighted by Gasteiger charge is -2.19. The summed E-state index contributed by atoms with van der Waals surface area (Å²) < 4.78 is 39.9. The molecule has 0 atom stereocenters. The van der Waals surface area contributed by atoms with E-state index >= 15 is 0 Å². The fourth-order valence-corrected chi connectivity index (χ4v) is 3.19. The highest BCUT2D eigenvalue weighted by Gasteiger charge is 2.27. The average molecular weight is 312 g/mol. The SMILES string of the molecule is CCNCc1cn[nH]c1S(=O)(=O)N(C)c1ccccc1F. The Labute approximate surface area is 123 Å². The van der Waals surface area contributed by atoms with Crippen LogP contribution < -0.4 is 9.62 Å². The number of sulfonamides is 1. The summed E-state index contributed by atoms with van der Waals surface area (Å²) in [7, 11) is -2.59. The Morgan fingerprint density at radius 1 is 1.38 bits per heavy atom. The number of anilines is 1. The molecule has 1 aromatic heterocycles. The monoisotopic (exact) mass is 312 g/mol. The zero-order valence-electron chi connectivity index (χ0n) is 11.8. The van der Waals surface area contributed by atoms with Crippen LogP contribution in [0.4, 0.5) is 10.1 Å². The number of halogens is 1. The maximum atomic E-state index is 13.8. The Kier molecular flexibility index (Phi) is 4.59. The molecule has 0 aliphatic carbocycles. The number of benzene rings is 1. The van der Waals surface area contributed by atoms with E-state index in [1.165, 1.54) is 31.4 Å². The minimum atomic E-state index is -3.90. The van der Waals surface area contributed by atoms with E-state index in [-0.39, 0.29) is 10.7 Å². The van der Waals surface area contributed by atoms with Crippen molar-refractivity contribution in [2.45, 2.75) is 18.5 Å². The van der Waals surface area contributed by atoms with Gasteiger partial charge in [0.25, 0.3) is 10.0 Å². The third kappa shape index (κ3) is 3.06. The molecule has 114 valence electrons. The number of aromatic amines is 1. The first-order valence-electron chi connectivity index (χ1n) is 6.45. The molecular formula is C13H17FN4O2S. The summed E-state index contributed by atoms with van der Waals surface area (Å²) in [5.74, 6) is -0.601. The summed E-state index contributed by atoms with van der Waals surface area (Å²) in [5, 5.41) is 9.26. The fourth-order valence-electron chi connectivity index (χ4n) is 1.88. The van der Waals surface area contributed by atoms with Gasteiger partial charge in [0, 0.05) is 19.2 Å². The lowest BCUT2D eigenvalue weighted by molar-refractivity contribution is 0.583. The van der Waals surface area contributed by atoms with Gasteiger partial charge >= 0.3 is 0 Å². The smallest absolute Gasteiger partial charge is 0.281 e. The summed E-state index contributed by atoms with van der Waals surface area (Å²) in [6, 6.07) is 5.71. The quantitative estimate of drug-likeness (QED) is 0.847. The van der Waals surface area contributed by atoms with Gasteiger partial charge in [0.2, 0.25) is 0 Å². The first-order chi connectivity index (χ1) is 9.98. The highest BCUT2D eigenvalue weighted by molar-refractivity contribution is 7.92. The number of para-hydroxylation sites is 1. The van der Waals surface area contributed by atoms with Gasteiger partial charge in [-0.15, -0.1) is 0 Å². The van der Waals surface area contributed by atoms with Crippen LogP contribution in [0.1, 0.15) is 12.5 Å². The zero-order chi connectivity index (χ0) is 15.5. The van der Waals surface area contributed by atoms with Crippen LogP contribution in [0.2, 0.25) is 0 Å². The second-order valence-electron chi connectivity index (χ2n) is 4.43. The van der Waals surface area contributed by atoms with Gasteiger partial charge in [0.05, 0.1) is 11.9 Å². The summed E-state index contributed by atoms with van der Waals surface area (Å²) in [6.07, 6.45) is 1.45. The van der Waals surface area contributed by atoms with E-state index in [1.807, 2.05) is 6.92 Å². The van der Waals surface area contributed by atoms with Crippen molar-refractivity contribution >= 4 is 15.7 Å². The van der Waals surface area contributed by atoms with Crippen molar-refractivity contribution in [2.75, 3.05) is 17.9 Å². The normalized spacial score (nSPS) is 11.6. The van der Waals surface area contributed by atoms with E-state index in [4.69, 9.17) is 0 Å². The molecular weight excluding hydrogens is 295 g/mol. The number of hydrogen-bond acceptors (Lipinski definition) is 4. The van der Waals surface area contributed by atoms with E-state index in [9.17, 15) is 12.8 Å². The molecule has 0 radical (unpaired) electrons. The molecule has 0 spiro atoms. The zero-order valence-corrected chi connectivity index (χ0v) is 12.6. The van der Waals surface area contributed by atoms with Crippen LogP contribution in [-0.2, 0) is 16.6 Å². The van der Waals surface area contributed by atoms with Gasteiger partial charge in [-0.2, -0.15) is 13.5 Å². The van der Waals surface area contributed by atoms with Crippen LogP contribution in [0.5, 0.6) is 0 Å². The summed E-state index contributed by atoms with van der Waals surface area (Å²) in [4.78, 5) is 0. The van der Waals surface area contributed by atoms with Gasteiger partial charge in [-0.3, -0.25) is 9.40 Å². The number of nitrogens with one attached hydrogen (secondary N) is 2. The molecule has 0 bridgehead atoms. The van der Waals surface area contributed by atoms with Crippen LogP contribution in [-0.4, -0.2) is 32.2 Å². The first-order valence-corrected chi connectivity index (χ1v) is 7.89. The number of nitrogens with zero attached hydrogens (tertiary/aromatic N) is 2. The van der Waals surface area contributed by atoms with E-state index < -0.39 is 15.8 Å². The lowest BCUT2D eigenvalue weighted by Crippen LogP contribution is -2.29. The second kappa shape index (κ2) is 6.23. The predicted octanol–water partition coefficient (Wildman–Crippen LogP) is 1.48. The number of hydrogen-bond donors (Lipinski definition) is 2. The Morgan fingerprint density at radius 2 is 2.10 bits per heavy atom. The van der Waals surface area contributed by atoms with Crippen molar-refractivity contribution in [3.8, 4) is 0 Å². The molecule has 0 fully saturated rings. The summed E-state index contributed by atoms with van der Waals surface area (Å²) >= 11 is 0. The summed E-state index contributed by atoms with van der Waals surface area (Å²) in [5.41, 5.74) is 0.501. The molecule has 0 aliphatic rings. The van der Waals surface area contributed by atoms with E-state index in [0.717, 1.165) is 4.31 Å². The number of H-pyrrole nitrogens is 1. The molecule has 6 nitrogen and oxygen atoms in total. The Morgan fingerprint density at radius 3 is 2.76 bits per heavy atom. The molecule has 2 rings (SSSR count). The Bertz CT molecular complexity index is 714. The minimum absolute atomic E-state index is 0.0125. The van der Waals surface area contributed by atoms with Crippen LogP contribution in [0.25, 0.3) is 0 Å². The molecule has 1 aromatic carbocycles. The lowest BCUT2D eigenvalue weighted by atomic mass is 10.3. The Hall–Kier alpha value is -1.93. The molecule has 0 unspecified atom stereocenters. The van der Waals surface area contributed by atoms with Gasteiger partial charge in [-0.25, -0.2) is 4.39 Å². The largest absolute Gasteiger partial charge is 0.313 e. The molecule has 21 heavy (non-hydrogen) atoms. The van der Waals surface area contributed by atoms with Crippen LogP contribution in [0.15, 0.2) is 35.5 Å². The highest BCUT2D eigenvalue weighted by Crippen LogP contribution is 2.25. The number of aromatic nitrogens is 2. The van der Waals surface area contributed by atoms with E-state index in [2.05, 4.69) is 15.5 Å². The maximum Gasteiger partial charge on any atom is 0.281 e. The Balaban J connectivity index is 2.38. The van der Waals surface area contributed by atoms with Crippen molar-refractivity contribution in [2.24, 2.45) is 0 Å². The van der Waals surface area contributed by atoms with Crippen LogP contribution >= 0.6 is 0 Å². The van der Waals surface area contributed by atoms with Crippen molar-refractivity contribution in [1.29, 1.82) is 0 Å². The maximum absolute atomic E-state index is 13.8. The van der Waals surface area contributed by atoms with Gasteiger partial charge in [0.1, 0.15) is 5.82 Å². The molecule has 2 N–H and O–H groups in total. The average Bonchev–Trinajstić information content (AvgIpc) is 2.94. The van der Waals surface area contributed by atoms with Gasteiger partial charge in [-0.05, 0) is 18.7 Å². The standard InChI is InChI=1S/C13H17FN4O2S/c1-3-15-8-10-9-16-17-13(10)21(19,20)18(2)12-7-5-4-6-11(12)14/h4-7,9,15H,3,8H2,1-2H3,(H,16,17). The third-order valence-electron chi connectivity index (χ3n) is 3.05. The highest BCUT2D eigenvalue weighted by atomic mass is 32.2. The minimum Gasteiger partial charge on any atom is -0.313 e. The van der Waals surface area contributed by atoms with E-state index in [1.54, 1.807) is 6.07 Å². The van der Waals surface area contributed by atoms with Gasteiger partial charge in [0.15, 0.2) is 5.03 Å². The van der Waals surface area contributed by atoms with Crippen molar-refractivity contribution < 1.29 is 12.8 Å². The van der Waals surface area contributed by atoms with Gasteiger partial charge < -0.3 is 5.32 Å². The molecule has 2 aromatic rings. The first kappa shape index (κ1) is 15.5.